The van der Waals surface area contributed by atoms with Crippen molar-refractivity contribution in [2.75, 3.05) is 19.9 Å². The molecule has 0 saturated carbocycles. The Morgan fingerprint density at radius 2 is 2.05 bits per heavy atom. The molecule has 3 N–H and O–H groups in total. The Morgan fingerprint density at radius 3 is 2.76 bits per heavy atom. The second-order valence-corrected chi connectivity index (χ2v) is 5.46. The third-order valence-electron chi connectivity index (χ3n) is 3.13. The molecule has 21 heavy (non-hydrogen) atoms. The highest BCUT2D eigenvalue weighted by Crippen LogP contribution is 2.37. The average Bonchev–Trinajstić information content (AvgIpc) is 2.88. The van der Waals surface area contributed by atoms with Gasteiger partial charge in [-0.3, -0.25) is 4.79 Å². The van der Waals surface area contributed by atoms with E-state index in [1.165, 1.54) is 0 Å². The summed E-state index contributed by atoms with van der Waals surface area (Å²) in [5, 5.41) is 15.9. The number of nitrogens with one attached hydrogen (secondary N) is 2. The minimum atomic E-state index is 0.0334. The Morgan fingerprint density at radius 1 is 1.33 bits per heavy atom. The van der Waals surface area contributed by atoms with Gasteiger partial charge < -0.3 is 25.2 Å². The molecule has 0 saturated heterocycles. The number of ether oxygens (including phenoxy) is 2. The van der Waals surface area contributed by atoms with Crippen LogP contribution in [0.4, 0.5) is 0 Å². The normalized spacial score (nSPS) is 12.7. The number of amides is 1. The van der Waals surface area contributed by atoms with E-state index in [9.17, 15) is 9.90 Å². The van der Waals surface area contributed by atoms with Crippen molar-refractivity contribution in [3.63, 3.8) is 0 Å². The molecule has 0 bridgehead atoms. The molecule has 116 valence electrons. The van der Waals surface area contributed by atoms with E-state index in [4.69, 9.17) is 9.47 Å². The third kappa shape index (κ3) is 4.53. The van der Waals surface area contributed by atoms with E-state index >= 15 is 0 Å². The zero-order valence-electron chi connectivity index (χ0n) is 12.4. The molecule has 6 heteroatoms. The molecular formula is C15H22N2O4. The highest BCUT2D eigenvalue weighted by atomic mass is 16.7. The lowest BCUT2D eigenvalue weighted by Crippen LogP contribution is -2.30. The number of carbonyl (C=O) groups excluding carboxylic acids is 1. The highest BCUT2D eigenvalue weighted by Gasteiger charge is 2.16. The zero-order chi connectivity index (χ0) is 15.2. The molecule has 0 aromatic heterocycles. The number of carbonyl (C=O) groups is 1. The Bertz CT molecular complexity index is 503. The number of hydrogen-bond acceptors (Lipinski definition) is 5. The molecule has 1 amide bonds. The van der Waals surface area contributed by atoms with E-state index in [-0.39, 0.29) is 18.4 Å². The molecule has 1 aromatic carbocycles. The molecule has 2 rings (SSSR count). The van der Waals surface area contributed by atoms with Gasteiger partial charge in [0.15, 0.2) is 11.5 Å². The predicted octanol–water partition coefficient (Wildman–Crippen LogP) is 1.37. The van der Waals surface area contributed by atoms with Crippen molar-refractivity contribution in [2.24, 2.45) is 5.92 Å². The van der Waals surface area contributed by atoms with Crippen LogP contribution in [0.3, 0.4) is 0 Å². The Kier molecular flexibility index (Phi) is 5.27. The molecule has 0 atom stereocenters. The van der Waals surface area contributed by atoms with Crippen molar-refractivity contribution in [3.8, 4) is 17.2 Å². The van der Waals surface area contributed by atoms with Gasteiger partial charge in [0.05, 0.1) is 0 Å². The molecule has 0 aliphatic carbocycles. The number of aromatic hydroxyl groups is 1. The summed E-state index contributed by atoms with van der Waals surface area (Å²) < 4.78 is 10.4. The summed E-state index contributed by atoms with van der Waals surface area (Å²) in [5.74, 6) is 1.85. The summed E-state index contributed by atoms with van der Waals surface area (Å²) in [6.07, 6.45) is 0.415. The van der Waals surface area contributed by atoms with Crippen molar-refractivity contribution in [3.05, 3.63) is 17.7 Å². The molecule has 1 aliphatic rings. The first-order chi connectivity index (χ1) is 10.1. The number of fused-ring (bicyclic) bond motifs is 1. The molecule has 0 fully saturated rings. The van der Waals surface area contributed by atoms with Gasteiger partial charge in [0.25, 0.3) is 0 Å². The second-order valence-electron chi connectivity index (χ2n) is 5.46. The Balaban J connectivity index is 1.73. The van der Waals surface area contributed by atoms with E-state index in [0.717, 1.165) is 5.56 Å². The van der Waals surface area contributed by atoms with E-state index in [2.05, 4.69) is 24.5 Å². The maximum Gasteiger partial charge on any atom is 0.231 e. The fourth-order valence-electron chi connectivity index (χ4n) is 1.95. The summed E-state index contributed by atoms with van der Waals surface area (Å²) in [6, 6.07) is 3.30. The van der Waals surface area contributed by atoms with Gasteiger partial charge in [-0.25, -0.2) is 0 Å². The topological polar surface area (TPSA) is 79.8 Å². The molecule has 1 aliphatic heterocycles. The molecular weight excluding hydrogens is 272 g/mol. The Hall–Kier alpha value is -1.95. The largest absolute Gasteiger partial charge is 0.507 e. The number of rotatable bonds is 7. The minimum absolute atomic E-state index is 0.0334. The van der Waals surface area contributed by atoms with Crippen LogP contribution in [0.15, 0.2) is 12.1 Å². The van der Waals surface area contributed by atoms with E-state index in [0.29, 0.717) is 43.5 Å². The quantitative estimate of drug-likeness (QED) is 0.662. The average molecular weight is 294 g/mol. The molecule has 1 aromatic rings. The summed E-state index contributed by atoms with van der Waals surface area (Å²) in [7, 11) is 0. The zero-order valence-corrected chi connectivity index (χ0v) is 12.4. The highest BCUT2D eigenvalue weighted by molar-refractivity contribution is 5.76. The summed E-state index contributed by atoms with van der Waals surface area (Å²) >= 11 is 0. The molecule has 1 heterocycles. The van der Waals surface area contributed by atoms with Crippen LogP contribution in [0.5, 0.6) is 17.2 Å². The lowest BCUT2D eigenvalue weighted by Gasteiger charge is -2.09. The number of hydrogen-bond donors (Lipinski definition) is 3. The maximum atomic E-state index is 11.5. The van der Waals surface area contributed by atoms with Crippen LogP contribution in [0.2, 0.25) is 0 Å². The standard InChI is InChI=1S/C15H22N2O4/c1-10(2)7-17-15(19)3-4-16-8-11-5-13-14(6-12(11)18)21-9-20-13/h5-6,10,16,18H,3-4,7-9H2,1-2H3,(H,17,19). The molecule has 6 nitrogen and oxygen atoms in total. The van der Waals surface area contributed by atoms with Crippen LogP contribution < -0.4 is 20.1 Å². The van der Waals surface area contributed by atoms with Gasteiger partial charge in [0.2, 0.25) is 12.7 Å². The monoisotopic (exact) mass is 294 g/mol. The smallest absolute Gasteiger partial charge is 0.231 e. The first-order valence-corrected chi connectivity index (χ1v) is 7.15. The van der Waals surface area contributed by atoms with Crippen LogP contribution in [0.25, 0.3) is 0 Å². The first kappa shape index (κ1) is 15.4. The van der Waals surface area contributed by atoms with Gasteiger partial charge in [-0.15, -0.1) is 0 Å². The fraction of sp³-hybridized carbons (Fsp3) is 0.533. The lowest BCUT2D eigenvalue weighted by molar-refractivity contribution is -0.121. The number of benzene rings is 1. The van der Waals surface area contributed by atoms with Crippen LogP contribution in [0, 0.1) is 5.92 Å². The van der Waals surface area contributed by atoms with Crippen LogP contribution in [-0.4, -0.2) is 30.9 Å². The van der Waals surface area contributed by atoms with Crippen molar-refractivity contribution in [1.29, 1.82) is 0 Å². The van der Waals surface area contributed by atoms with Gasteiger partial charge in [-0.1, -0.05) is 13.8 Å². The molecule has 0 radical (unpaired) electrons. The summed E-state index contributed by atoms with van der Waals surface area (Å²) in [4.78, 5) is 11.5. The van der Waals surface area contributed by atoms with E-state index < -0.39 is 0 Å². The maximum absolute atomic E-state index is 11.5. The van der Waals surface area contributed by atoms with Gasteiger partial charge in [-0.05, 0) is 12.0 Å². The van der Waals surface area contributed by atoms with Gasteiger partial charge >= 0.3 is 0 Å². The van der Waals surface area contributed by atoms with Crippen molar-refractivity contribution in [1.82, 2.24) is 10.6 Å². The lowest BCUT2D eigenvalue weighted by atomic mass is 10.1. The Labute approximate surface area is 124 Å². The molecule has 0 unspecified atom stereocenters. The van der Waals surface area contributed by atoms with E-state index in [1.54, 1.807) is 12.1 Å². The van der Waals surface area contributed by atoms with Crippen molar-refractivity contribution in [2.45, 2.75) is 26.8 Å². The van der Waals surface area contributed by atoms with Crippen LogP contribution >= 0.6 is 0 Å². The summed E-state index contributed by atoms with van der Waals surface area (Å²) in [6.45, 7) is 6.02. The second kappa shape index (κ2) is 7.17. The first-order valence-electron chi connectivity index (χ1n) is 7.15. The predicted molar refractivity (Wildman–Crippen MR) is 78.4 cm³/mol. The van der Waals surface area contributed by atoms with Crippen LogP contribution in [-0.2, 0) is 11.3 Å². The van der Waals surface area contributed by atoms with Crippen molar-refractivity contribution < 1.29 is 19.4 Å². The molecule has 0 spiro atoms. The third-order valence-corrected chi connectivity index (χ3v) is 3.13. The summed E-state index contributed by atoms with van der Waals surface area (Å²) in [5.41, 5.74) is 0.724. The SMILES string of the molecule is CC(C)CNC(=O)CCNCc1cc2c(cc1O)OCO2. The van der Waals surface area contributed by atoms with Crippen LogP contribution in [0.1, 0.15) is 25.8 Å². The minimum Gasteiger partial charge on any atom is -0.507 e. The number of phenolic OH excluding ortho intramolecular Hbond substituents is 1. The van der Waals surface area contributed by atoms with Gasteiger partial charge in [0.1, 0.15) is 5.75 Å². The van der Waals surface area contributed by atoms with Gasteiger partial charge in [-0.2, -0.15) is 0 Å². The van der Waals surface area contributed by atoms with Gasteiger partial charge in [0, 0.05) is 37.7 Å². The number of phenols is 1. The fourth-order valence-corrected chi connectivity index (χ4v) is 1.95. The van der Waals surface area contributed by atoms with E-state index in [1.807, 2.05) is 0 Å². The van der Waals surface area contributed by atoms with Crippen molar-refractivity contribution >= 4 is 5.91 Å².